The summed E-state index contributed by atoms with van der Waals surface area (Å²) in [4.78, 5) is 19.2. The maximum Gasteiger partial charge on any atom is 0.307 e. The van der Waals surface area contributed by atoms with Crippen molar-refractivity contribution in [1.82, 2.24) is 4.98 Å². The van der Waals surface area contributed by atoms with Crippen LogP contribution in [-0.2, 0) is 9.53 Å². The number of nitrogens with zero attached hydrogens (tertiary/aromatic N) is 1. The van der Waals surface area contributed by atoms with E-state index in [1.165, 1.54) is 7.11 Å². The number of rotatable bonds is 3. The number of nitrogen functional groups attached to an aromatic ring is 1. The fourth-order valence-electron chi connectivity index (χ4n) is 2.49. The molecule has 3 N–H and O–H groups in total. The molecular weight excluding hydrogens is 286 g/mol. The zero-order valence-corrected chi connectivity index (χ0v) is 12.8. The van der Waals surface area contributed by atoms with Crippen molar-refractivity contribution < 1.29 is 9.53 Å². The average Bonchev–Trinajstić information content (AvgIpc) is 3.04. The highest BCUT2D eigenvalue weighted by Gasteiger charge is 2.23. The second-order valence-corrected chi connectivity index (χ2v) is 6.19. The summed E-state index contributed by atoms with van der Waals surface area (Å²) >= 11 is 1.65. The number of anilines is 1. The van der Waals surface area contributed by atoms with E-state index >= 15 is 0 Å². The third-order valence-corrected chi connectivity index (χ3v) is 4.63. The van der Waals surface area contributed by atoms with Crippen LogP contribution in [0.5, 0.6) is 0 Å². The van der Waals surface area contributed by atoms with Crippen LogP contribution in [-0.4, -0.2) is 34.9 Å². The van der Waals surface area contributed by atoms with E-state index in [0.29, 0.717) is 6.42 Å². The number of aliphatic imine (C=N–C) groups is 1. The Morgan fingerprint density at radius 1 is 1.52 bits per heavy atom. The first-order chi connectivity index (χ1) is 10.1. The lowest BCUT2D eigenvalue weighted by molar-refractivity contribution is -0.140. The highest BCUT2D eigenvalue weighted by atomic mass is 32.2. The molecule has 0 spiro atoms. The molecule has 3 rings (SSSR count). The van der Waals surface area contributed by atoms with Crippen molar-refractivity contribution in [2.75, 3.05) is 18.6 Å². The second-order valence-electron chi connectivity index (χ2n) is 5.18. The molecule has 1 aromatic carbocycles. The molecule has 110 valence electrons. The Morgan fingerprint density at radius 3 is 3.10 bits per heavy atom. The van der Waals surface area contributed by atoms with Gasteiger partial charge in [-0.15, -0.1) is 11.8 Å². The number of H-pyrrole nitrogens is 1. The van der Waals surface area contributed by atoms with Gasteiger partial charge in [-0.05, 0) is 30.7 Å². The molecule has 0 fully saturated rings. The number of esters is 1. The number of aryl methyl sites for hydroxylation is 1. The van der Waals surface area contributed by atoms with Crippen LogP contribution >= 0.6 is 11.8 Å². The van der Waals surface area contributed by atoms with Gasteiger partial charge in [-0.2, -0.15) is 0 Å². The summed E-state index contributed by atoms with van der Waals surface area (Å²) in [5, 5.41) is 2.01. The van der Waals surface area contributed by atoms with Crippen LogP contribution in [0, 0.1) is 6.92 Å². The SMILES string of the molecule is COC(=O)C[C@@H]1CSC(c2cc3cc(C)cc(N)c3[nH]2)=N1. The summed E-state index contributed by atoms with van der Waals surface area (Å²) in [6, 6.07) is 6.10. The van der Waals surface area contributed by atoms with Gasteiger partial charge in [0.1, 0.15) is 5.04 Å². The van der Waals surface area contributed by atoms with Crippen LogP contribution in [0.25, 0.3) is 10.9 Å². The van der Waals surface area contributed by atoms with Crippen molar-refractivity contribution in [3.05, 3.63) is 29.5 Å². The van der Waals surface area contributed by atoms with Crippen molar-refractivity contribution >= 4 is 39.4 Å². The molecular formula is C15H17N3O2S. The molecule has 0 saturated carbocycles. The second kappa shape index (κ2) is 5.44. The van der Waals surface area contributed by atoms with Gasteiger partial charge in [0.15, 0.2) is 0 Å². The van der Waals surface area contributed by atoms with E-state index in [2.05, 4.69) is 26.8 Å². The van der Waals surface area contributed by atoms with Crippen LogP contribution in [0.3, 0.4) is 0 Å². The third-order valence-electron chi connectivity index (χ3n) is 3.48. The van der Waals surface area contributed by atoms with E-state index < -0.39 is 0 Å². The number of carbonyl (C=O) groups is 1. The average molecular weight is 303 g/mol. The number of nitrogens with one attached hydrogen (secondary N) is 1. The minimum atomic E-state index is -0.220. The first kappa shape index (κ1) is 14.0. The zero-order valence-electron chi connectivity index (χ0n) is 12.0. The van der Waals surface area contributed by atoms with Gasteiger partial charge in [-0.1, -0.05) is 0 Å². The number of aromatic nitrogens is 1. The number of nitrogens with two attached hydrogens (primary N) is 1. The van der Waals surface area contributed by atoms with Gasteiger partial charge in [-0.25, -0.2) is 0 Å². The van der Waals surface area contributed by atoms with Crippen molar-refractivity contribution in [3.63, 3.8) is 0 Å². The smallest absolute Gasteiger partial charge is 0.307 e. The van der Waals surface area contributed by atoms with Crippen LogP contribution in [0.4, 0.5) is 5.69 Å². The van der Waals surface area contributed by atoms with Gasteiger partial charge >= 0.3 is 5.97 Å². The summed E-state index contributed by atoms with van der Waals surface area (Å²) in [6.07, 6.45) is 0.328. The first-order valence-electron chi connectivity index (χ1n) is 6.73. The fourth-order valence-corrected chi connectivity index (χ4v) is 3.52. The monoisotopic (exact) mass is 303 g/mol. The predicted molar refractivity (Wildman–Crippen MR) is 86.9 cm³/mol. The normalized spacial score (nSPS) is 18.0. The Hall–Kier alpha value is -1.95. The van der Waals surface area contributed by atoms with E-state index in [4.69, 9.17) is 5.73 Å². The Kier molecular flexibility index (Phi) is 3.63. The lowest BCUT2D eigenvalue weighted by Gasteiger charge is -2.02. The first-order valence-corrected chi connectivity index (χ1v) is 7.72. The Labute approximate surface area is 127 Å². The van der Waals surface area contributed by atoms with Gasteiger partial charge in [0.2, 0.25) is 0 Å². The summed E-state index contributed by atoms with van der Waals surface area (Å²) in [5.74, 6) is 0.580. The standard InChI is InChI=1S/C15H17N3O2S/c1-8-3-9-5-12(18-14(9)11(16)4-8)15-17-10(7-21-15)6-13(19)20-2/h3-5,10,18H,6-7,16H2,1-2H3/t10-/m1/s1. The summed E-state index contributed by atoms with van der Waals surface area (Å²) < 4.78 is 4.69. The Morgan fingerprint density at radius 2 is 2.33 bits per heavy atom. The minimum absolute atomic E-state index is 0.0112. The van der Waals surface area contributed by atoms with Crippen LogP contribution in [0.15, 0.2) is 23.2 Å². The lowest BCUT2D eigenvalue weighted by atomic mass is 10.1. The fraction of sp³-hybridized carbons (Fsp3) is 0.333. The number of fused-ring (bicyclic) bond motifs is 1. The zero-order chi connectivity index (χ0) is 15.0. The number of thioether (sulfide) groups is 1. The number of benzene rings is 1. The molecule has 0 saturated heterocycles. The molecule has 1 aliphatic rings. The van der Waals surface area contributed by atoms with Crippen LogP contribution in [0.1, 0.15) is 17.7 Å². The minimum Gasteiger partial charge on any atom is -0.469 e. The molecule has 2 heterocycles. The topological polar surface area (TPSA) is 80.5 Å². The van der Waals surface area contributed by atoms with Crippen molar-refractivity contribution in [2.24, 2.45) is 4.99 Å². The number of ether oxygens (including phenoxy) is 1. The molecule has 1 aliphatic heterocycles. The number of hydrogen-bond donors (Lipinski definition) is 2. The van der Waals surface area contributed by atoms with Gasteiger partial charge in [0.25, 0.3) is 0 Å². The van der Waals surface area contributed by atoms with E-state index in [1.807, 2.05) is 13.0 Å². The highest BCUT2D eigenvalue weighted by Crippen LogP contribution is 2.29. The number of methoxy groups -OCH3 is 1. The lowest BCUT2D eigenvalue weighted by Crippen LogP contribution is -2.12. The molecule has 0 unspecified atom stereocenters. The van der Waals surface area contributed by atoms with Crippen LogP contribution in [0.2, 0.25) is 0 Å². The molecule has 2 aromatic rings. The molecule has 21 heavy (non-hydrogen) atoms. The Bertz CT molecular complexity index is 736. The van der Waals surface area contributed by atoms with E-state index in [0.717, 1.165) is 38.6 Å². The molecule has 0 aliphatic carbocycles. The van der Waals surface area contributed by atoms with Gasteiger partial charge in [0.05, 0.1) is 36.5 Å². The molecule has 1 aromatic heterocycles. The van der Waals surface area contributed by atoms with E-state index in [9.17, 15) is 4.79 Å². The highest BCUT2D eigenvalue weighted by molar-refractivity contribution is 8.14. The van der Waals surface area contributed by atoms with Crippen LogP contribution < -0.4 is 5.73 Å². The van der Waals surface area contributed by atoms with Gasteiger partial charge in [-0.3, -0.25) is 9.79 Å². The number of carbonyl (C=O) groups excluding carboxylic acids is 1. The predicted octanol–water partition coefficient (Wildman–Crippen LogP) is 2.48. The van der Waals surface area contributed by atoms with Crippen molar-refractivity contribution in [3.8, 4) is 0 Å². The van der Waals surface area contributed by atoms with Gasteiger partial charge in [0, 0.05) is 11.1 Å². The van der Waals surface area contributed by atoms with Gasteiger partial charge < -0.3 is 15.5 Å². The molecule has 0 radical (unpaired) electrons. The molecule has 0 bridgehead atoms. The summed E-state index contributed by atoms with van der Waals surface area (Å²) in [6.45, 7) is 2.02. The molecule has 6 heteroatoms. The summed E-state index contributed by atoms with van der Waals surface area (Å²) in [7, 11) is 1.40. The largest absolute Gasteiger partial charge is 0.469 e. The molecule has 1 atom stereocenters. The number of hydrogen-bond acceptors (Lipinski definition) is 5. The number of aromatic amines is 1. The van der Waals surface area contributed by atoms with Crippen molar-refractivity contribution in [2.45, 2.75) is 19.4 Å². The molecule has 5 nitrogen and oxygen atoms in total. The quantitative estimate of drug-likeness (QED) is 0.674. The molecule has 0 amide bonds. The third kappa shape index (κ3) is 2.76. The Balaban J connectivity index is 1.89. The summed E-state index contributed by atoms with van der Waals surface area (Å²) in [5.41, 5.74) is 9.82. The van der Waals surface area contributed by atoms with E-state index in [-0.39, 0.29) is 12.0 Å². The maximum absolute atomic E-state index is 11.3. The maximum atomic E-state index is 11.3. The van der Waals surface area contributed by atoms with Crippen molar-refractivity contribution in [1.29, 1.82) is 0 Å². The van der Waals surface area contributed by atoms with E-state index in [1.54, 1.807) is 11.8 Å².